The predicted octanol–water partition coefficient (Wildman–Crippen LogP) is 5.09. The van der Waals surface area contributed by atoms with Gasteiger partial charge < -0.3 is 22.9 Å². The first-order valence-electron chi connectivity index (χ1n) is 14.0. The molecule has 0 radical (unpaired) electrons. The number of H-pyrrole nitrogens is 1. The van der Waals surface area contributed by atoms with Gasteiger partial charge in [0, 0.05) is 24.2 Å². The Balaban J connectivity index is 1.85. The van der Waals surface area contributed by atoms with Crippen LogP contribution in [0.25, 0.3) is 11.2 Å². The molecule has 2 aromatic heterocycles. The number of fused-ring (bicyclic) bond motifs is 2. The maximum absolute atomic E-state index is 12.9. The Morgan fingerprint density at radius 3 is 2.33 bits per heavy atom. The van der Waals surface area contributed by atoms with Crippen LogP contribution < -0.4 is 5.56 Å². The number of aromatic amines is 1. The molecule has 2 saturated heterocycles. The van der Waals surface area contributed by atoms with Gasteiger partial charge in [0.2, 0.25) is 5.95 Å². The fourth-order valence-corrected chi connectivity index (χ4v) is 11.8. The van der Waals surface area contributed by atoms with Gasteiger partial charge in [-0.2, -0.15) is 4.98 Å². The number of nitrogens with zero attached hydrogens (tertiary/aromatic N) is 5. The van der Waals surface area contributed by atoms with Crippen LogP contribution in [0.4, 0.5) is 5.95 Å². The van der Waals surface area contributed by atoms with Crippen molar-refractivity contribution in [2.24, 2.45) is 4.99 Å². The number of ether oxygens (including phenoxy) is 1. The minimum atomic E-state index is -2.81. The summed E-state index contributed by atoms with van der Waals surface area (Å²) in [4.78, 5) is 30.7. The van der Waals surface area contributed by atoms with Gasteiger partial charge in [0.15, 0.2) is 25.7 Å². The zero-order valence-electron chi connectivity index (χ0n) is 26.4. The summed E-state index contributed by atoms with van der Waals surface area (Å²) in [5.41, 5.74) is 0.246. The van der Waals surface area contributed by atoms with E-state index in [1.165, 1.54) is 0 Å². The highest BCUT2D eigenvalue weighted by atomic mass is 28.4. The van der Waals surface area contributed by atoms with Crippen LogP contribution in [0.5, 0.6) is 0 Å². The number of nitrogens with one attached hydrogen (secondary N) is 1. The number of aromatic nitrogens is 4. The minimum Gasteiger partial charge on any atom is -0.407 e. The largest absolute Gasteiger partial charge is 0.407 e. The third-order valence-corrected chi connectivity index (χ3v) is 18.0. The van der Waals surface area contributed by atoms with E-state index in [1.54, 1.807) is 22.1 Å². The molecule has 2 aliphatic heterocycles. The Kier molecular flexibility index (Phi) is 7.85. The SMILES string of the molecule is CN(C)/C=N/c1nc2c(ncn2[C@@H]2O[C@H]3CO[Si](C(C)(C)C)(C(C)(C)C)O[C@@H]3C2O[Si](C)(C)C(C)(C)C)c(=O)[nH]1. The van der Waals surface area contributed by atoms with E-state index in [2.05, 4.69) is 95.4 Å². The van der Waals surface area contributed by atoms with Crippen molar-refractivity contribution in [3.05, 3.63) is 16.7 Å². The lowest BCUT2D eigenvalue weighted by atomic mass is 10.1. The smallest absolute Gasteiger partial charge is 0.349 e. The van der Waals surface area contributed by atoms with Gasteiger partial charge in [-0.3, -0.25) is 14.3 Å². The minimum absolute atomic E-state index is 0.0379. The average molecular weight is 593 g/mol. The molecule has 1 N–H and O–H groups in total. The second-order valence-electron chi connectivity index (χ2n) is 14.8. The van der Waals surface area contributed by atoms with Crippen LogP contribution in [-0.2, 0) is 18.0 Å². The van der Waals surface area contributed by atoms with Crippen LogP contribution in [0, 0.1) is 0 Å². The quantitative estimate of drug-likeness (QED) is 0.290. The highest BCUT2D eigenvalue weighted by Gasteiger charge is 2.66. The number of aliphatic imine (C=N–C) groups is 1. The maximum Gasteiger partial charge on any atom is 0.349 e. The second-order valence-corrected chi connectivity index (χ2v) is 24.4. The first-order valence-corrected chi connectivity index (χ1v) is 18.7. The third-order valence-electron chi connectivity index (χ3n) is 8.35. The van der Waals surface area contributed by atoms with Gasteiger partial charge in [-0.25, -0.2) is 9.98 Å². The number of imidazole rings is 1. The Hall–Kier alpha value is -1.91. The van der Waals surface area contributed by atoms with Crippen molar-refractivity contribution in [3.8, 4) is 0 Å². The topological polar surface area (TPSA) is 116 Å². The molecule has 2 fully saturated rings. The summed E-state index contributed by atoms with van der Waals surface area (Å²) < 4.78 is 29.5. The van der Waals surface area contributed by atoms with E-state index in [0.29, 0.717) is 12.3 Å². The van der Waals surface area contributed by atoms with Crippen molar-refractivity contribution >= 4 is 40.3 Å². The van der Waals surface area contributed by atoms with Gasteiger partial charge in [-0.05, 0) is 18.1 Å². The second kappa shape index (κ2) is 10.1. The van der Waals surface area contributed by atoms with Crippen molar-refractivity contribution in [3.63, 3.8) is 0 Å². The summed E-state index contributed by atoms with van der Waals surface area (Å²) >= 11 is 0. The van der Waals surface area contributed by atoms with Crippen LogP contribution in [0.1, 0.15) is 68.5 Å². The van der Waals surface area contributed by atoms with Crippen LogP contribution in [0.3, 0.4) is 0 Å². The zero-order valence-corrected chi connectivity index (χ0v) is 28.4. The summed E-state index contributed by atoms with van der Waals surface area (Å²) in [5, 5.41) is -0.415. The van der Waals surface area contributed by atoms with Gasteiger partial charge in [0.1, 0.15) is 18.3 Å². The summed E-state index contributed by atoms with van der Waals surface area (Å²) in [6.07, 6.45) is 1.46. The molecule has 1 unspecified atom stereocenters. The van der Waals surface area contributed by atoms with Gasteiger partial charge in [-0.1, -0.05) is 62.3 Å². The molecule has 0 saturated carbocycles. The molecule has 0 aromatic carbocycles. The van der Waals surface area contributed by atoms with E-state index in [-0.39, 0.29) is 44.3 Å². The fourth-order valence-electron chi connectivity index (χ4n) is 5.52. The molecule has 4 heterocycles. The Bertz CT molecular complexity index is 1300. The number of rotatable bonds is 5. The van der Waals surface area contributed by atoms with Gasteiger partial charge in [0.25, 0.3) is 5.56 Å². The van der Waals surface area contributed by atoms with E-state index in [4.69, 9.17) is 18.0 Å². The highest BCUT2D eigenvalue weighted by Crippen LogP contribution is 2.56. The van der Waals surface area contributed by atoms with E-state index in [1.807, 2.05) is 14.1 Å². The molecule has 2 aliphatic rings. The van der Waals surface area contributed by atoms with Crippen molar-refractivity contribution in [2.75, 3.05) is 20.7 Å². The molecule has 13 heteroatoms. The molecule has 224 valence electrons. The van der Waals surface area contributed by atoms with E-state index in [9.17, 15) is 4.79 Å². The summed E-state index contributed by atoms with van der Waals surface area (Å²) in [6, 6.07) is 0. The van der Waals surface area contributed by atoms with Crippen LogP contribution in [-0.4, -0.2) is 86.6 Å². The molecule has 0 bridgehead atoms. The lowest BCUT2D eigenvalue weighted by molar-refractivity contribution is -0.0795. The van der Waals surface area contributed by atoms with Gasteiger partial charge in [0.05, 0.1) is 19.3 Å². The molecule has 0 spiro atoms. The van der Waals surface area contributed by atoms with Gasteiger partial charge in [-0.15, -0.1) is 0 Å². The highest BCUT2D eigenvalue weighted by molar-refractivity contribution is 6.74. The lowest BCUT2D eigenvalue weighted by Gasteiger charge is -2.54. The Labute approximate surface area is 240 Å². The molecular weight excluding hydrogens is 545 g/mol. The molecule has 40 heavy (non-hydrogen) atoms. The first kappa shape index (κ1) is 31.0. The fraction of sp³-hybridized carbons (Fsp3) is 0.778. The molecular formula is C27H48N6O5Si2. The van der Waals surface area contributed by atoms with Crippen LogP contribution in [0.15, 0.2) is 16.1 Å². The molecule has 11 nitrogen and oxygen atoms in total. The maximum atomic E-state index is 12.9. The molecule has 4 atom stereocenters. The standard InChI is InChI=1S/C27H48N6O5Si2/c1-25(2,3)39(12,13)37-20-19-17(14-35-40(38-19,26(4,5)6)27(7,8)9)36-23(20)33-16-28-18-21(33)30-24(31-22(18)34)29-15-32(10)11/h15-17,19-20,23H,14H2,1-13H3,(H,30,31,34)/b29-15+/t17-,19-,20?,23+/m0/s1. The Morgan fingerprint density at radius 1 is 1.15 bits per heavy atom. The Morgan fingerprint density at radius 2 is 1.77 bits per heavy atom. The van der Waals surface area contributed by atoms with Crippen LogP contribution >= 0.6 is 0 Å². The number of hydrogen-bond donors (Lipinski definition) is 1. The van der Waals surface area contributed by atoms with E-state index >= 15 is 0 Å². The normalized spacial score (nSPS) is 26.0. The number of hydrogen-bond acceptors (Lipinski definition) is 8. The van der Waals surface area contributed by atoms with Crippen molar-refractivity contribution < 1.29 is 18.0 Å². The van der Waals surface area contributed by atoms with Crippen LogP contribution in [0.2, 0.25) is 28.2 Å². The average Bonchev–Trinajstić information content (AvgIpc) is 3.36. The van der Waals surface area contributed by atoms with Crippen molar-refractivity contribution in [1.82, 2.24) is 24.4 Å². The van der Waals surface area contributed by atoms with Crippen molar-refractivity contribution in [1.29, 1.82) is 0 Å². The predicted molar refractivity (Wildman–Crippen MR) is 162 cm³/mol. The zero-order chi connectivity index (χ0) is 30.1. The summed E-state index contributed by atoms with van der Waals surface area (Å²) in [7, 11) is -1.40. The summed E-state index contributed by atoms with van der Waals surface area (Å²) in [5.74, 6) is 0.191. The van der Waals surface area contributed by atoms with Crippen molar-refractivity contribution in [2.45, 2.75) is 115 Å². The molecule has 4 rings (SSSR count). The van der Waals surface area contributed by atoms with E-state index < -0.39 is 29.2 Å². The molecule has 0 amide bonds. The lowest BCUT2D eigenvalue weighted by Crippen LogP contribution is -2.66. The van der Waals surface area contributed by atoms with E-state index in [0.717, 1.165) is 0 Å². The molecule has 2 aromatic rings. The monoisotopic (exact) mass is 592 g/mol. The summed E-state index contributed by atoms with van der Waals surface area (Å²) in [6.45, 7) is 24.8. The van der Waals surface area contributed by atoms with Gasteiger partial charge >= 0.3 is 8.56 Å². The third kappa shape index (κ3) is 5.36. The molecule has 0 aliphatic carbocycles. The first-order chi connectivity index (χ1) is 18.2.